The Bertz CT molecular complexity index is 977. The van der Waals surface area contributed by atoms with Crippen LogP contribution in [0.3, 0.4) is 0 Å². The van der Waals surface area contributed by atoms with Crippen molar-refractivity contribution in [2.45, 2.75) is 0 Å². The number of methoxy groups -OCH3 is 2. The quantitative estimate of drug-likeness (QED) is 0.582. The fourth-order valence-corrected chi connectivity index (χ4v) is 2.62. The summed E-state index contributed by atoms with van der Waals surface area (Å²) in [6, 6.07) is 11.6. The predicted molar refractivity (Wildman–Crippen MR) is 87.3 cm³/mol. The van der Waals surface area contributed by atoms with Crippen molar-refractivity contribution in [3.05, 3.63) is 48.9 Å². The molecule has 0 aliphatic carbocycles. The van der Waals surface area contributed by atoms with E-state index < -0.39 is 0 Å². The lowest BCUT2D eigenvalue weighted by molar-refractivity contribution is 0.355. The SMILES string of the molecule is COc1cc2ncnc(-n3cc4ccccc4n3)c2cc1OC. The second-order valence-electron chi connectivity index (χ2n) is 5.05. The zero-order chi connectivity index (χ0) is 15.8. The molecule has 0 saturated heterocycles. The molecule has 0 aliphatic heterocycles. The molecule has 0 fully saturated rings. The van der Waals surface area contributed by atoms with Gasteiger partial charge in [-0.15, -0.1) is 0 Å². The van der Waals surface area contributed by atoms with Crippen molar-refractivity contribution < 1.29 is 9.47 Å². The molecule has 0 aliphatic rings. The fraction of sp³-hybridized carbons (Fsp3) is 0.118. The van der Waals surface area contributed by atoms with Gasteiger partial charge in [0.05, 0.1) is 25.3 Å². The summed E-state index contributed by atoms with van der Waals surface area (Å²) in [5.74, 6) is 1.97. The van der Waals surface area contributed by atoms with Gasteiger partial charge < -0.3 is 9.47 Å². The van der Waals surface area contributed by atoms with Crippen molar-refractivity contribution >= 4 is 21.8 Å². The number of rotatable bonds is 3. The maximum absolute atomic E-state index is 5.38. The van der Waals surface area contributed by atoms with Gasteiger partial charge >= 0.3 is 0 Å². The Morgan fingerprint density at radius 3 is 2.48 bits per heavy atom. The fourth-order valence-electron chi connectivity index (χ4n) is 2.62. The molecule has 0 radical (unpaired) electrons. The van der Waals surface area contributed by atoms with E-state index in [1.807, 2.05) is 42.6 Å². The molecule has 0 amide bonds. The van der Waals surface area contributed by atoms with E-state index in [9.17, 15) is 0 Å². The van der Waals surface area contributed by atoms with Crippen molar-refractivity contribution in [3.8, 4) is 17.3 Å². The molecule has 0 atom stereocenters. The Morgan fingerprint density at radius 1 is 0.913 bits per heavy atom. The van der Waals surface area contributed by atoms with Gasteiger partial charge in [0.2, 0.25) is 0 Å². The summed E-state index contributed by atoms with van der Waals surface area (Å²) in [5, 5.41) is 6.49. The summed E-state index contributed by atoms with van der Waals surface area (Å²) in [7, 11) is 3.21. The third-order valence-corrected chi connectivity index (χ3v) is 3.75. The molecule has 4 aromatic rings. The average molecular weight is 306 g/mol. The Morgan fingerprint density at radius 2 is 1.70 bits per heavy atom. The molecule has 0 N–H and O–H groups in total. The van der Waals surface area contributed by atoms with Crippen LogP contribution in [0.25, 0.3) is 27.6 Å². The molecule has 114 valence electrons. The van der Waals surface area contributed by atoms with Crippen LogP contribution in [0.5, 0.6) is 11.5 Å². The predicted octanol–water partition coefficient (Wildman–Crippen LogP) is 2.99. The van der Waals surface area contributed by atoms with Crippen LogP contribution in [0, 0.1) is 0 Å². The van der Waals surface area contributed by atoms with Gasteiger partial charge in [0.15, 0.2) is 17.3 Å². The average Bonchev–Trinajstić information content (AvgIpc) is 3.03. The molecule has 0 bridgehead atoms. The number of hydrogen-bond acceptors (Lipinski definition) is 5. The van der Waals surface area contributed by atoms with Crippen LogP contribution in [0.4, 0.5) is 0 Å². The highest BCUT2D eigenvalue weighted by Gasteiger charge is 2.13. The zero-order valence-corrected chi connectivity index (χ0v) is 12.7. The van der Waals surface area contributed by atoms with Crippen LogP contribution in [0.15, 0.2) is 48.9 Å². The molecule has 0 saturated carbocycles. The first-order valence-electron chi connectivity index (χ1n) is 7.11. The van der Waals surface area contributed by atoms with Gasteiger partial charge in [-0.25, -0.2) is 14.6 Å². The molecular weight excluding hydrogens is 292 g/mol. The first-order chi connectivity index (χ1) is 11.3. The largest absolute Gasteiger partial charge is 0.493 e. The van der Waals surface area contributed by atoms with Crippen molar-refractivity contribution in [2.75, 3.05) is 14.2 Å². The Hall–Kier alpha value is -3.15. The first kappa shape index (κ1) is 13.5. The number of nitrogens with zero attached hydrogens (tertiary/aromatic N) is 4. The van der Waals surface area contributed by atoms with E-state index in [4.69, 9.17) is 9.47 Å². The van der Waals surface area contributed by atoms with Gasteiger partial charge in [0.25, 0.3) is 0 Å². The molecule has 4 rings (SSSR count). The summed E-state index contributed by atoms with van der Waals surface area (Å²) >= 11 is 0. The van der Waals surface area contributed by atoms with Gasteiger partial charge in [-0.05, 0) is 12.1 Å². The first-order valence-corrected chi connectivity index (χ1v) is 7.11. The van der Waals surface area contributed by atoms with Crippen molar-refractivity contribution in [3.63, 3.8) is 0 Å². The minimum atomic E-state index is 0.632. The standard InChI is InChI=1S/C17H14N4O2/c1-22-15-7-12-14(8-16(15)23-2)18-10-19-17(12)21-9-11-5-3-4-6-13(11)20-21/h3-10H,1-2H3. The van der Waals surface area contributed by atoms with Crippen molar-refractivity contribution in [1.82, 2.24) is 19.7 Å². The molecule has 6 nitrogen and oxygen atoms in total. The third-order valence-electron chi connectivity index (χ3n) is 3.75. The van der Waals surface area contributed by atoms with Crippen LogP contribution >= 0.6 is 0 Å². The van der Waals surface area contributed by atoms with Gasteiger partial charge in [0, 0.05) is 23.0 Å². The van der Waals surface area contributed by atoms with E-state index in [2.05, 4.69) is 15.1 Å². The molecule has 0 spiro atoms. The molecule has 23 heavy (non-hydrogen) atoms. The molecule has 2 heterocycles. The number of hydrogen-bond donors (Lipinski definition) is 0. The van der Waals surface area contributed by atoms with Crippen LogP contribution in [-0.2, 0) is 0 Å². The Balaban J connectivity index is 1.99. The summed E-state index contributed by atoms with van der Waals surface area (Å²) in [5.41, 5.74) is 1.69. The molecule has 0 unspecified atom stereocenters. The van der Waals surface area contributed by atoms with Gasteiger partial charge in [0.1, 0.15) is 6.33 Å². The highest BCUT2D eigenvalue weighted by molar-refractivity contribution is 5.89. The summed E-state index contributed by atoms with van der Waals surface area (Å²) < 4.78 is 12.5. The highest BCUT2D eigenvalue weighted by Crippen LogP contribution is 2.33. The highest BCUT2D eigenvalue weighted by atomic mass is 16.5. The maximum Gasteiger partial charge on any atom is 0.164 e. The number of benzene rings is 2. The molecule has 2 aromatic carbocycles. The lowest BCUT2D eigenvalue weighted by Gasteiger charge is -2.10. The second kappa shape index (κ2) is 5.24. The number of fused-ring (bicyclic) bond motifs is 2. The molecule has 2 aromatic heterocycles. The second-order valence-corrected chi connectivity index (χ2v) is 5.05. The minimum absolute atomic E-state index is 0.632. The van der Waals surface area contributed by atoms with Crippen LogP contribution in [0.1, 0.15) is 0 Å². The lowest BCUT2D eigenvalue weighted by atomic mass is 10.2. The third kappa shape index (κ3) is 2.15. The van der Waals surface area contributed by atoms with Crippen LogP contribution in [0.2, 0.25) is 0 Å². The monoisotopic (exact) mass is 306 g/mol. The summed E-state index contributed by atoms with van der Waals surface area (Å²) in [4.78, 5) is 8.71. The topological polar surface area (TPSA) is 62.1 Å². The Labute approximate surface area is 132 Å². The van der Waals surface area contributed by atoms with Gasteiger partial charge in [-0.3, -0.25) is 0 Å². The van der Waals surface area contributed by atoms with E-state index in [0.29, 0.717) is 17.3 Å². The zero-order valence-electron chi connectivity index (χ0n) is 12.7. The van der Waals surface area contributed by atoms with Crippen LogP contribution in [-0.4, -0.2) is 34.0 Å². The normalized spacial score (nSPS) is 11.0. The smallest absolute Gasteiger partial charge is 0.164 e. The number of ether oxygens (including phenoxy) is 2. The van der Waals surface area contributed by atoms with Gasteiger partial charge in [-0.2, -0.15) is 5.10 Å². The van der Waals surface area contributed by atoms with Gasteiger partial charge in [-0.1, -0.05) is 18.2 Å². The Kier molecular flexibility index (Phi) is 3.08. The summed E-state index contributed by atoms with van der Waals surface area (Å²) in [6.45, 7) is 0. The van der Waals surface area contributed by atoms with Crippen molar-refractivity contribution in [2.24, 2.45) is 0 Å². The maximum atomic E-state index is 5.38. The van der Waals surface area contributed by atoms with E-state index in [-0.39, 0.29) is 0 Å². The molecular formula is C17H14N4O2. The van der Waals surface area contributed by atoms with E-state index in [1.54, 1.807) is 18.9 Å². The minimum Gasteiger partial charge on any atom is -0.493 e. The van der Waals surface area contributed by atoms with E-state index in [1.165, 1.54) is 6.33 Å². The van der Waals surface area contributed by atoms with E-state index in [0.717, 1.165) is 21.8 Å². The van der Waals surface area contributed by atoms with Crippen molar-refractivity contribution in [1.29, 1.82) is 0 Å². The summed E-state index contributed by atoms with van der Waals surface area (Å²) in [6.07, 6.45) is 3.48. The van der Waals surface area contributed by atoms with E-state index >= 15 is 0 Å². The lowest BCUT2D eigenvalue weighted by Crippen LogP contribution is -2.01. The number of aromatic nitrogens is 4. The molecule has 6 heteroatoms. The van der Waals surface area contributed by atoms with Crippen LogP contribution < -0.4 is 9.47 Å².